The van der Waals surface area contributed by atoms with E-state index in [-0.39, 0.29) is 10.7 Å². The Morgan fingerprint density at radius 3 is 2.65 bits per heavy atom. The second-order valence-electron chi connectivity index (χ2n) is 3.75. The van der Waals surface area contributed by atoms with Crippen molar-refractivity contribution >= 4 is 23.1 Å². The van der Waals surface area contributed by atoms with Gasteiger partial charge in [0.05, 0.1) is 16.3 Å². The van der Waals surface area contributed by atoms with Crippen molar-refractivity contribution in [1.29, 1.82) is 0 Å². The fraction of sp³-hybridized carbons (Fsp3) is 0.364. The molecule has 1 aromatic rings. The lowest BCUT2D eigenvalue weighted by atomic mass is 10.2. The molecule has 1 aliphatic rings. The first kappa shape index (κ1) is 12.2. The Morgan fingerprint density at radius 2 is 2.06 bits per heavy atom. The molecule has 6 heteroatoms. The average Bonchev–Trinajstić information content (AvgIpc) is 2.72. The summed E-state index contributed by atoms with van der Waals surface area (Å²) in [6.45, 7) is 0.707. The summed E-state index contributed by atoms with van der Waals surface area (Å²) in [5, 5.41) is 3.10. The number of amidine groups is 1. The van der Waals surface area contributed by atoms with Crippen molar-refractivity contribution in [2.75, 3.05) is 11.9 Å². The maximum atomic E-state index is 12.5. The van der Waals surface area contributed by atoms with Gasteiger partial charge < -0.3 is 5.32 Å². The van der Waals surface area contributed by atoms with E-state index in [0.29, 0.717) is 12.4 Å². The molecular formula is C11H10ClF3N2. The maximum Gasteiger partial charge on any atom is 0.416 e. The fourth-order valence-corrected chi connectivity index (χ4v) is 1.76. The second-order valence-corrected chi connectivity index (χ2v) is 4.16. The van der Waals surface area contributed by atoms with Crippen LogP contribution in [0.3, 0.4) is 0 Å². The summed E-state index contributed by atoms with van der Waals surface area (Å²) >= 11 is 5.84. The Hall–Kier alpha value is -1.23. The van der Waals surface area contributed by atoms with Gasteiger partial charge in [-0.05, 0) is 24.6 Å². The molecule has 0 aromatic heterocycles. The third kappa shape index (κ3) is 2.91. The van der Waals surface area contributed by atoms with Gasteiger partial charge in [-0.25, -0.2) is 0 Å². The normalized spacial score (nSPS) is 15.9. The lowest BCUT2D eigenvalue weighted by Crippen LogP contribution is -2.11. The highest BCUT2D eigenvalue weighted by atomic mass is 35.5. The van der Waals surface area contributed by atoms with Crippen molar-refractivity contribution in [2.24, 2.45) is 4.99 Å². The van der Waals surface area contributed by atoms with E-state index >= 15 is 0 Å². The van der Waals surface area contributed by atoms with Gasteiger partial charge in [0.1, 0.15) is 5.84 Å². The lowest BCUT2D eigenvalue weighted by molar-refractivity contribution is -0.137. The van der Waals surface area contributed by atoms with Crippen molar-refractivity contribution < 1.29 is 13.2 Å². The molecule has 0 saturated carbocycles. The fourth-order valence-electron chi connectivity index (χ4n) is 1.59. The topological polar surface area (TPSA) is 24.4 Å². The molecule has 0 spiro atoms. The first-order chi connectivity index (χ1) is 7.97. The molecule has 1 aliphatic heterocycles. The van der Waals surface area contributed by atoms with E-state index in [0.717, 1.165) is 25.0 Å². The Kier molecular flexibility index (Phi) is 3.28. The van der Waals surface area contributed by atoms with E-state index in [1.807, 2.05) is 0 Å². The van der Waals surface area contributed by atoms with Gasteiger partial charge in [0.2, 0.25) is 0 Å². The number of aliphatic imine (C=N–C) groups is 1. The molecule has 0 bridgehead atoms. The Bertz CT molecular complexity index is 455. The van der Waals surface area contributed by atoms with Crippen LogP contribution in [-0.4, -0.2) is 12.4 Å². The molecule has 0 amide bonds. The third-order valence-electron chi connectivity index (χ3n) is 2.45. The Balaban J connectivity index is 2.26. The quantitative estimate of drug-likeness (QED) is 0.814. The maximum absolute atomic E-state index is 12.5. The van der Waals surface area contributed by atoms with Gasteiger partial charge in [0.25, 0.3) is 0 Å². The molecule has 1 heterocycles. The molecule has 0 unspecified atom stereocenters. The Labute approximate surface area is 101 Å². The number of halogens is 4. The van der Waals surface area contributed by atoms with E-state index in [1.165, 1.54) is 6.07 Å². The summed E-state index contributed by atoms with van der Waals surface area (Å²) in [4.78, 5) is 4.13. The first-order valence-electron chi connectivity index (χ1n) is 5.14. The van der Waals surface area contributed by atoms with Crippen LogP contribution in [0.25, 0.3) is 0 Å². The zero-order valence-corrected chi connectivity index (χ0v) is 9.57. The van der Waals surface area contributed by atoms with Gasteiger partial charge in [-0.3, -0.25) is 4.99 Å². The molecule has 0 radical (unpaired) electrons. The van der Waals surface area contributed by atoms with Crippen LogP contribution in [0.2, 0.25) is 5.02 Å². The molecule has 0 saturated heterocycles. The van der Waals surface area contributed by atoms with Crippen LogP contribution in [0, 0.1) is 0 Å². The van der Waals surface area contributed by atoms with Crippen LogP contribution in [-0.2, 0) is 6.18 Å². The summed E-state index contributed by atoms with van der Waals surface area (Å²) < 4.78 is 37.5. The van der Waals surface area contributed by atoms with Crippen LogP contribution in [0.1, 0.15) is 18.4 Å². The number of alkyl halides is 3. The summed E-state index contributed by atoms with van der Waals surface area (Å²) in [5.41, 5.74) is -0.467. The molecule has 1 aromatic carbocycles. The third-order valence-corrected chi connectivity index (χ3v) is 2.78. The minimum Gasteiger partial charge on any atom is -0.343 e. The molecule has 0 fully saturated rings. The first-order valence-corrected chi connectivity index (χ1v) is 5.52. The van der Waals surface area contributed by atoms with E-state index in [9.17, 15) is 13.2 Å². The van der Waals surface area contributed by atoms with Gasteiger partial charge in [-0.2, -0.15) is 13.2 Å². The molecule has 92 valence electrons. The molecule has 2 rings (SSSR count). The molecule has 1 N–H and O–H groups in total. The van der Waals surface area contributed by atoms with Gasteiger partial charge in [-0.15, -0.1) is 0 Å². The minimum atomic E-state index is -4.36. The summed E-state index contributed by atoms with van der Waals surface area (Å²) in [5.74, 6) is 0.686. The van der Waals surface area contributed by atoms with Crippen LogP contribution in [0.5, 0.6) is 0 Å². The molecule has 2 nitrogen and oxygen atoms in total. The number of hydrogen-bond donors (Lipinski definition) is 1. The monoisotopic (exact) mass is 262 g/mol. The van der Waals surface area contributed by atoms with Crippen molar-refractivity contribution in [3.8, 4) is 0 Å². The summed E-state index contributed by atoms with van der Waals surface area (Å²) in [6.07, 6.45) is -2.70. The lowest BCUT2D eigenvalue weighted by Gasteiger charge is -2.12. The SMILES string of the molecule is FC(F)(F)c1ccc(Cl)c(NC2=NCCC2)c1. The average molecular weight is 263 g/mol. The summed E-state index contributed by atoms with van der Waals surface area (Å²) in [7, 11) is 0. The van der Waals surface area contributed by atoms with Gasteiger partial charge in [0.15, 0.2) is 0 Å². The standard InChI is InChI=1S/C11H10ClF3N2/c12-8-4-3-7(11(13,14)15)6-9(8)17-10-2-1-5-16-10/h3-4,6H,1-2,5H2,(H,16,17). The highest BCUT2D eigenvalue weighted by Gasteiger charge is 2.31. The van der Waals surface area contributed by atoms with Crippen molar-refractivity contribution in [3.05, 3.63) is 28.8 Å². The van der Waals surface area contributed by atoms with E-state index in [2.05, 4.69) is 10.3 Å². The molecular weight excluding hydrogens is 253 g/mol. The largest absolute Gasteiger partial charge is 0.416 e. The molecule has 17 heavy (non-hydrogen) atoms. The minimum absolute atomic E-state index is 0.252. The number of nitrogens with zero attached hydrogens (tertiary/aromatic N) is 1. The van der Waals surface area contributed by atoms with Crippen LogP contribution in [0.4, 0.5) is 18.9 Å². The van der Waals surface area contributed by atoms with Gasteiger partial charge >= 0.3 is 6.18 Å². The highest BCUT2D eigenvalue weighted by Crippen LogP contribution is 2.34. The second kappa shape index (κ2) is 4.56. The van der Waals surface area contributed by atoms with Gasteiger partial charge in [-0.1, -0.05) is 11.6 Å². The number of nitrogens with one attached hydrogen (secondary N) is 1. The molecule has 0 atom stereocenters. The Morgan fingerprint density at radius 1 is 1.29 bits per heavy atom. The predicted molar refractivity (Wildman–Crippen MR) is 61.6 cm³/mol. The smallest absolute Gasteiger partial charge is 0.343 e. The van der Waals surface area contributed by atoms with Crippen LogP contribution < -0.4 is 5.32 Å². The van der Waals surface area contributed by atoms with E-state index in [4.69, 9.17) is 11.6 Å². The molecule has 0 aliphatic carbocycles. The predicted octanol–water partition coefficient (Wildman–Crippen LogP) is 3.96. The van der Waals surface area contributed by atoms with E-state index in [1.54, 1.807) is 0 Å². The summed E-state index contributed by atoms with van der Waals surface area (Å²) in [6, 6.07) is 3.20. The zero-order valence-electron chi connectivity index (χ0n) is 8.81. The van der Waals surface area contributed by atoms with Crippen molar-refractivity contribution in [2.45, 2.75) is 19.0 Å². The van der Waals surface area contributed by atoms with Crippen LogP contribution in [0.15, 0.2) is 23.2 Å². The van der Waals surface area contributed by atoms with Crippen LogP contribution >= 0.6 is 11.6 Å². The van der Waals surface area contributed by atoms with Gasteiger partial charge in [0, 0.05) is 13.0 Å². The van der Waals surface area contributed by atoms with E-state index < -0.39 is 11.7 Å². The zero-order chi connectivity index (χ0) is 12.5. The number of anilines is 1. The number of rotatable bonds is 1. The number of hydrogen-bond acceptors (Lipinski definition) is 2. The highest BCUT2D eigenvalue weighted by molar-refractivity contribution is 6.33. The number of benzene rings is 1. The van der Waals surface area contributed by atoms with Crippen molar-refractivity contribution in [3.63, 3.8) is 0 Å². The van der Waals surface area contributed by atoms with Crippen molar-refractivity contribution in [1.82, 2.24) is 0 Å².